The number of hydrogen-bond acceptors (Lipinski definition) is 6. The molecule has 0 aliphatic carbocycles. The second-order valence-corrected chi connectivity index (χ2v) is 9.04. The maximum atomic E-state index is 12.9. The lowest BCUT2D eigenvalue weighted by Crippen LogP contribution is -2.38. The standard InChI is InChI=1S/C21H19F3N4O4S/c22-21(23,24)16-4-2-6-19(12-16)33(30,31)28-9-7-17(8-10-28)27-32-14-20(29)26-18-5-1-3-15(11-18)13-25/h1-6,11-12H,7-10,14H2,(H,26,29). The molecule has 1 aliphatic rings. The van der Waals surface area contributed by atoms with Gasteiger partial charge in [-0.1, -0.05) is 17.3 Å². The molecule has 12 heteroatoms. The molecule has 1 heterocycles. The molecule has 3 rings (SSSR count). The highest BCUT2D eigenvalue weighted by molar-refractivity contribution is 7.89. The molecule has 8 nitrogen and oxygen atoms in total. The van der Waals surface area contributed by atoms with E-state index in [0.29, 0.717) is 23.0 Å². The Labute approximate surface area is 188 Å². The number of benzene rings is 2. The van der Waals surface area contributed by atoms with E-state index in [0.717, 1.165) is 22.5 Å². The van der Waals surface area contributed by atoms with E-state index in [1.165, 1.54) is 6.07 Å². The van der Waals surface area contributed by atoms with E-state index < -0.39 is 32.6 Å². The Morgan fingerprint density at radius 2 is 1.85 bits per heavy atom. The molecule has 174 valence electrons. The van der Waals surface area contributed by atoms with Crippen LogP contribution in [0.2, 0.25) is 0 Å². The van der Waals surface area contributed by atoms with Crippen LogP contribution in [-0.2, 0) is 25.8 Å². The number of carbonyl (C=O) groups excluding carboxylic acids is 1. The lowest BCUT2D eigenvalue weighted by molar-refractivity contribution is -0.137. The third-order valence-electron chi connectivity index (χ3n) is 4.76. The number of nitrogens with zero attached hydrogens (tertiary/aromatic N) is 3. The Morgan fingerprint density at radius 3 is 2.52 bits per heavy atom. The topological polar surface area (TPSA) is 112 Å². The maximum Gasteiger partial charge on any atom is 0.416 e. The zero-order valence-corrected chi connectivity index (χ0v) is 18.0. The minimum atomic E-state index is -4.64. The van der Waals surface area contributed by atoms with Crippen LogP contribution in [0.1, 0.15) is 24.0 Å². The number of halogens is 3. The third kappa shape index (κ3) is 6.30. The summed E-state index contributed by atoms with van der Waals surface area (Å²) in [6, 6.07) is 11.9. The lowest BCUT2D eigenvalue weighted by atomic mass is 10.1. The molecule has 2 aromatic rings. The number of alkyl halides is 3. The van der Waals surface area contributed by atoms with Crippen molar-refractivity contribution in [3.8, 4) is 6.07 Å². The van der Waals surface area contributed by atoms with E-state index in [-0.39, 0.29) is 32.5 Å². The first kappa shape index (κ1) is 24.2. The summed E-state index contributed by atoms with van der Waals surface area (Å²) in [5, 5.41) is 15.3. The fourth-order valence-electron chi connectivity index (χ4n) is 3.10. The van der Waals surface area contributed by atoms with Gasteiger partial charge in [0.05, 0.1) is 27.8 Å². The van der Waals surface area contributed by atoms with E-state index in [1.807, 2.05) is 6.07 Å². The Hall–Kier alpha value is -3.43. The van der Waals surface area contributed by atoms with Gasteiger partial charge in [-0.2, -0.15) is 22.7 Å². The normalized spacial score (nSPS) is 14.9. The monoisotopic (exact) mass is 480 g/mol. The van der Waals surface area contributed by atoms with E-state index in [9.17, 15) is 26.4 Å². The summed E-state index contributed by atoms with van der Waals surface area (Å²) in [5.41, 5.74) is 0.322. The molecule has 33 heavy (non-hydrogen) atoms. The Balaban J connectivity index is 1.53. The van der Waals surface area contributed by atoms with Crippen molar-refractivity contribution in [1.82, 2.24) is 4.31 Å². The van der Waals surface area contributed by atoms with E-state index in [2.05, 4.69) is 10.5 Å². The van der Waals surface area contributed by atoms with Gasteiger partial charge in [-0.15, -0.1) is 0 Å². The summed E-state index contributed by atoms with van der Waals surface area (Å²) in [6.45, 7) is -0.339. The van der Waals surface area contributed by atoms with Gasteiger partial charge in [0.2, 0.25) is 10.0 Å². The average molecular weight is 480 g/mol. The molecule has 1 amide bonds. The van der Waals surface area contributed by atoms with Gasteiger partial charge in [0.25, 0.3) is 5.91 Å². The van der Waals surface area contributed by atoms with E-state index >= 15 is 0 Å². The first-order valence-corrected chi connectivity index (χ1v) is 11.2. The quantitative estimate of drug-likeness (QED) is 0.637. The van der Waals surface area contributed by atoms with Gasteiger partial charge >= 0.3 is 6.18 Å². The molecule has 1 N–H and O–H groups in total. The number of amides is 1. The van der Waals surface area contributed by atoms with Crippen molar-refractivity contribution in [2.75, 3.05) is 25.0 Å². The highest BCUT2D eigenvalue weighted by Crippen LogP contribution is 2.31. The molecule has 0 radical (unpaired) electrons. The van der Waals surface area contributed by atoms with Gasteiger partial charge in [-0.3, -0.25) is 4.79 Å². The minimum Gasteiger partial charge on any atom is -0.386 e. The average Bonchev–Trinajstić information content (AvgIpc) is 2.79. The minimum absolute atomic E-state index is 0.0217. The number of sulfonamides is 1. The van der Waals surface area contributed by atoms with Crippen molar-refractivity contribution >= 4 is 27.3 Å². The summed E-state index contributed by atoms with van der Waals surface area (Å²) >= 11 is 0. The van der Waals surface area contributed by atoms with Crippen molar-refractivity contribution < 1.29 is 31.2 Å². The summed E-state index contributed by atoms with van der Waals surface area (Å²) in [4.78, 5) is 16.6. The van der Waals surface area contributed by atoms with Crippen LogP contribution in [0.15, 0.2) is 58.6 Å². The second-order valence-electron chi connectivity index (χ2n) is 7.10. The number of hydrogen-bond donors (Lipinski definition) is 1. The highest BCUT2D eigenvalue weighted by atomic mass is 32.2. The lowest BCUT2D eigenvalue weighted by Gasteiger charge is -2.26. The molecular weight excluding hydrogens is 461 g/mol. The van der Waals surface area contributed by atoms with Crippen LogP contribution in [0.25, 0.3) is 0 Å². The van der Waals surface area contributed by atoms with E-state index in [1.54, 1.807) is 18.2 Å². The first-order valence-electron chi connectivity index (χ1n) is 9.75. The number of nitrogens with one attached hydrogen (secondary N) is 1. The van der Waals surface area contributed by atoms with Crippen LogP contribution in [0.4, 0.5) is 18.9 Å². The van der Waals surface area contributed by atoms with Crippen LogP contribution in [0.3, 0.4) is 0 Å². The largest absolute Gasteiger partial charge is 0.416 e. The Bertz CT molecular complexity index is 1200. The van der Waals surface area contributed by atoms with Crippen molar-refractivity contribution in [1.29, 1.82) is 5.26 Å². The SMILES string of the molecule is N#Cc1cccc(NC(=O)CON=C2CCN(S(=O)(=O)c3cccc(C(F)(F)F)c3)CC2)c1. The molecule has 0 saturated carbocycles. The van der Waals surface area contributed by atoms with Crippen LogP contribution in [0.5, 0.6) is 0 Å². The van der Waals surface area contributed by atoms with Crippen molar-refractivity contribution in [2.24, 2.45) is 5.16 Å². The molecule has 1 saturated heterocycles. The van der Waals surface area contributed by atoms with Gasteiger partial charge in [0, 0.05) is 31.6 Å². The fraction of sp³-hybridized carbons (Fsp3) is 0.286. The van der Waals surface area contributed by atoms with Crippen molar-refractivity contribution in [3.63, 3.8) is 0 Å². The predicted octanol–water partition coefficient (Wildman–Crippen LogP) is 3.37. The number of rotatable bonds is 6. The van der Waals surface area contributed by atoms with Gasteiger partial charge in [-0.05, 0) is 36.4 Å². The van der Waals surface area contributed by atoms with Crippen molar-refractivity contribution in [2.45, 2.75) is 23.9 Å². The molecule has 2 aromatic carbocycles. The zero-order valence-electron chi connectivity index (χ0n) is 17.2. The van der Waals surface area contributed by atoms with Crippen LogP contribution in [0, 0.1) is 11.3 Å². The van der Waals surface area contributed by atoms with Gasteiger partial charge in [0.15, 0.2) is 6.61 Å². The van der Waals surface area contributed by atoms with E-state index in [4.69, 9.17) is 10.1 Å². The molecule has 0 bridgehead atoms. The Morgan fingerprint density at radius 1 is 1.15 bits per heavy atom. The Kier molecular flexibility index (Phi) is 7.35. The number of anilines is 1. The molecule has 0 spiro atoms. The number of nitriles is 1. The molecular formula is C21H19F3N4O4S. The summed E-state index contributed by atoms with van der Waals surface area (Å²) in [7, 11) is -4.09. The third-order valence-corrected chi connectivity index (χ3v) is 6.66. The predicted molar refractivity (Wildman–Crippen MR) is 113 cm³/mol. The number of oxime groups is 1. The molecule has 1 fully saturated rings. The number of carbonyl (C=O) groups is 1. The second kappa shape index (κ2) is 10.0. The van der Waals surface area contributed by atoms with Crippen LogP contribution in [-0.4, -0.2) is 44.0 Å². The molecule has 0 atom stereocenters. The van der Waals surface area contributed by atoms with Gasteiger partial charge < -0.3 is 10.2 Å². The molecule has 0 aromatic heterocycles. The van der Waals surface area contributed by atoms with Crippen molar-refractivity contribution in [3.05, 3.63) is 59.7 Å². The first-order chi connectivity index (χ1) is 15.6. The van der Waals surface area contributed by atoms with Gasteiger partial charge in [-0.25, -0.2) is 8.42 Å². The van der Waals surface area contributed by atoms with Gasteiger partial charge in [0.1, 0.15) is 0 Å². The summed E-state index contributed by atoms with van der Waals surface area (Å²) < 4.78 is 65.2. The smallest absolute Gasteiger partial charge is 0.386 e. The summed E-state index contributed by atoms with van der Waals surface area (Å²) in [5.74, 6) is -0.487. The van der Waals surface area contributed by atoms with Crippen LogP contribution >= 0.6 is 0 Å². The number of piperidine rings is 1. The van der Waals surface area contributed by atoms with Crippen LogP contribution < -0.4 is 5.32 Å². The maximum absolute atomic E-state index is 12.9. The molecule has 1 aliphatic heterocycles. The fourth-order valence-corrected chi connectivity index (χ4v) is 4.59. The molecule has 0 unspecified atom stereocenters. The summed E-state index contributed by atoms with van der Waals surface area (Å²) in [6.07, 6.45) is -4.22. The zero-order chi connectivity index (χ0) is 24.1. The highest BCUT2D eigenvalue weighted by Gasteiger charge is 2.33.